The first-order valence-corrected chi connectivity index (χ1v) is 5.56. The molecule has 1 aromatic carbocycles. The fourth-order valence-corrected chi connectivity index (χ4v) is 2.11. The molecule has 1 aliphatic heterocycles. The Labute approximate surface area is 90.3 Å². The summed E-state index contributed by atoms with van der Waals surface area (Å²) in [6.07, 6.45) is 4.84. The van der Waals surface area contributed by atoms with E-state index >= 15 is 0 Å². The minimum absolute atomic E-state index is 0.176. The molecular formula is C12H18N2O. The molecule has 2 rings (SSSR count). The Morgan fingerprint density at radius 2 is 2.27 bits per heavy atom. The highest BCUT2D eigenvalue weighted by Gasteiger charge is 2.13. The lowest BCUT2D eigenvalue weighted by Gasteiger charge is -2.23. The maximum absolute atomic E-state index is 9.31. The molecule has 1 fully saturated rings. The predicted octanol–water partition coefficient (Wildman–Crippen LogP) is 1.66. The molecule has 1 aromatic rings. The van der Waals surface area contributed by atoms with Crippen molar-refractivity contribution in [3.8, 4) is 5.75 Å². The minimum atomic E-state index is 0.176. The summed E-state index contributed by atoms with van der Waals surface area (Å²) in [5.41, 5.74) is 7.33. The van der Waals surface area contributed by atoms with Crippen LogP contribution >= 0.6 is 0 Å². The first-order chi connectivity index (χ1) is 7.25. The van der Waals surface area contributed by atoms with Gasteiger partial charge in [-0.15, -0.1) is 0 Å². The molecule has 3 heteroatoms. The van der Waals surface area contributed by atoms with Gasteiger partial charge < -0.3 is 16.2 Å². The van der Waals surface area contributed by atoms with Crippen molar-refractivity contribution in [2.24, 2.45) is 0 Å². The molecule has 4 N–H and O–H groups in total. The molecule has 15 heavy (non-hydrogen) atoms. The number of nitrogens with one attached hydrogen (secondary N) is 1. The van der Waals surface area contributed by atoms with Gasteiger partial charge in [0, 0.05) is 6.04 Å². The molecule has 0 spiro atoms. The van der Waals surface area contributed by atoms with Gasteiger partial charge in [0.25, 0.3) is 0 Å². The number of rotatable bonds is 2. The van der Waals surface area contributed by atoms with E-state index in [0.717, 1.165) is 13.0 Å². The zero-order chi connectivity index (χ0) is 10.7. The smallest absolute Gasteiger partial charge is 0.138 e. The Hall–Kier alpha value is -1.22. The monoisotopic (exact) mass is 206 g/mol. The maximum Gasteiger partial charge on any atom is 0.138 e. The third kappa shape index (κ3) is 2.63. The minimum Gasteiger partial charge on any atom is -0.506 e. The van der Waals surface area contributed by atoms with E-state index in [9.17, 15) is 5.11 Å². The van der Waals surface area contributed by atoms with Gasteiger partial charge in [-0.05, 0) is 43.5 Å². The van der Waals surface area contributed by atoms with Crippen molar-refractivity contribution >= 4 is 5.69 Å². The van der Waals surface area contributed by atoms with Crippen LogP contribution < -0.4 is 11.1 Å². The normalized spacial score (nSPS) is 21.5. The number of phenols is 1. The third-order valence-corrected chi connectivity index (χ3v) is 2.99. The van der Waals surface area contributed by atoms with Crippen LogP contribution in [0.4, 0.5) is 5.69 Å². The van der Waals surface area contributed by atoms with Gasteiger partial charge in [0.15, 0.2) is 0 Å². The lowest BCUT2D eigenvalue weighted by atomic mass is 9.97. The van der Waals surface area contributed by atoms with Crippen LogP contribution in [-0.2, 0) is 6.42 Å². The van der Waals surface area contributed by atoms with Crippen LogP contribution in [0.2, 0.25) is 0 Å². The molecule has 1 saturated heterocycles. The summed E-state index contributed by atoms with van der Waals surface area (Å²) in [6.45, 7) is 1.12. The molecule has 0 aliphatic carbocycles. The summed E-state index contributed by atoms with van der Waals surface area (Å²) < 4.78 is 0. The van der Waals surface area contributed by atoms with Gasteiger partial charge in [-0.1, -0.05) is 12.5 Å². The largest absolute Gasteiger partial charge is 0.506 e. The maximum atomic E-state index is 9.31. The Kier molecular flexibility index (Phi) is 3.11. The van der Waals surface area contributed by atoms with E-state index in [1.165, 1.54) is 24.8 Å². The molecule has 3 nitrogen and oxygen atoms in total. The molecule has 0 amide bonds. The van der Waals surface area contributed by atoms with Gasteiger partial charge in [0.1, 0.15) is 5.75 Å². The van der Waals surface area contributed by atoms with Crippen LogP contribution in [-0.4, -0.2) is 17.7 Å². The topological polar surface area (TPSA) is 58.3 Å². The van der Waals surface area contributed by atoms with Crippen molar-refractivity contribution in [3.05, 3.63) is 23.8 Å². The summed E-state index contributed by atoms with van der Waals surface area (Å²) in [5.74, 6) is 0.176. The SMILES string of the molecule is Nc1cc(CC2CCCCN2)ccc1O. The van der Waals surface area contributed by atoms with Gasteiger partial charge in [0.05, 0.1) is 5.69 Å². The van der Waals surface area contributed by atoms with E-state index in [4.69, 9.17) is 5.73 Å². The molecule has 1 heterocycles. The zero-order valence-corrected chi connectivity index (χ0v) is 8.87. The fraction of sp³-hybridized carbons (Fsp3) is 0.500. The standard InChI is InChI=1S/C12H18N2O/c13-11-8-9(4-5-12(11)15)7-10-3-1-2-6-14-10/h4-5,8,10,14-15H,1-3,6-7,13H2. The summed E-state index contributed by atoms with van der Waals surface area (Å²) in [7, 11) is 0. The van der Waals surface area contributed by atoms with Gasteiger partial charge in [0.2, 0.25) is 0 Å². The Balaban J connectivity index is 2.00. The number of benzene rings is 1. The highest BCUT2D eigenvalue weighted by molar-refractivity contribution is 5.53. The number of hydrogen-bond acceptors (Lipinski definition) is 3. The second-order valence-corrected chi connectivity index (χ2v) is 4.24. The second kappa shape index (κ2) is 4.53. The van der Waals surface area contributed by atoms with Crippen LogP contribution in [0.25, 0.3) is 0 Å². The van der Waals surface area contributed by atoms with Gasteiger partial charge >= 0.3 is 0 Å². The lowest BCUT2D eigenvalue weighted by molar-refractivity contribution is 0.399. The van der Waals surface area contributed by atoms with E-state index in [0.29, 0.717) is 11.7 Å². The van der Waals surface area contributed by atoms with Gasteiger partial charge in [-0.3, -0.25) is 0 Å². The van der Waals surface area contributed by atoms with E-state index < -0.39 is 0 Å². The second-order valence-electron chi connectivity index (χ2n) is 4.24. The molecule has 0 aromatic heterocycles. The van der Waals surface area contributed by atoms with Crippen molar-refractivity contribution in [1.82, 2.24) is 5.32 Å². The first-order valence-electron chi connectivity index (χ1n) is 5.56. The summed E-state index contributed by atoms with van der Waals surface area (Å²) in [6, 6.07) is 6.06. The zero-order valence-electron chi connectivity index (χ0n) is 8.87. The molecule has 0 bridgehead atoms. The number of piperidine rings is 1. The number of anilines is 1. The summed E-state index contributed by atoms with van der Waals surface area (Å²) in [5, 5.41) is 12.8. The van der Waals surface area contributed by atoms with Crippen LogP contribution in [0.1, 0.15) is 24.8 Å². The van der Waals surface area contributed by atoms with E-state index in [1.807, 2.05) is 12.1 Å². The third-order valence-electron chi connectivity index (χ3n) is 2.99. The quantitative estimate of drug-likeness (QED) is 0.509. The predicted molar refractivity (Wildman–Crippen MR) is 61.9 cm³/mol. The van der Waals surface area contributed by atoms with Crippen molar-refractivity contribution in [2.75, 3.05) is 12.3 Å². The van der Waals surface area contributed by atoms with Crippen molar-refractivity contribution in [2.45, 2.75) is 31.7 Å². The Morgan fingerprint density at radius 3 is 2.93 bits per heavy atom. The Bertz CT molecular complexity index is 332. The molecule has 1 unspecified atom stereocenters. The van der Waals surface area contributed by atoms with E-state index in [-0.39, 0.29) is 5.75 Å². The fourth-order valence-electron chi connectivity index (χ4n) is 2.11. The summed E-state index contributed by atoms with van der Waals surface area (Å²) >= 11 is 0. The number of aromatic hydroxyl groups is 1. The summed E-state index contributed by atoms with van der Waals surface area (Å²) in [4.78, 5) is 0. The Morgan fingerprint density at radius 1 is 1.40 bits per heavy atom. The number of hydrogen-bond donors (Lipinski definition) is 3. The number of phenolic OH excluding ortho intramolecular Hbond substituents is 1. The molecule has 0 radical (unpaired) electrons. The van der Waals surface area contributed by atoms with Crippen molar-refractivity contribution in [3.63, 3.8) is 0 Å². The highest BCUT2D eigenvalue weighted by Crippen LogP contribution is 2.22. The first kappa shape index (κ1) is 10.3. The average Bonchev–Trinajstić information content (AvgIpc) is 2.25. The van der Waals surface area contributed by atoms with E-state index in [1.54, 1.807) is 6.07 Å². The van der Waals surface area contributed by atoms with Crippen molar-refractivity contribution < 1.29 is 5.11 Å². The van der Waals surface area contributed by atoms with Crippen LogP contribution in [0.3, 0.4) is 0 Å². The average molecular weight is 206 g/mol. The van der Waals surface area contributed by atoms with Gasteiger partial charge in [-0.2, -0.15) is 0 Å². The van der Waals surface area contributed by atoms with E-state index in [2.05, 4.69) is 5.32 Å². The lowest BCUT2D eigenvalue weighted by Crippen LogP contribution is -2.35. The molecule has 0 saturated carbocycles. The molecule has 82 valence electrons. The van der Waals surface area contributed by atoms with Crippen LogP contribution in [0.15, 0.2) is 18.2 Å². The number of nitrogen functional groups attached to an aromatic ring is 1. The molecular weight excluding hydrogens is 188 g/mol. The molecule has 1 atom stereocenters. The van der Waals surface area contributed by atoms with Gasteiger partial charge in [-0.25, -0.2) is 0 Å². The number of nitrogens with two attached hydrogens (primary N) is 1. The van der Waals surface area contributed by atoms with Crippen molar-refractivity contribution in [1.29, 1.82) is 0 Å². The van der Waals surface area contributed by atoms with Crippen LogP contribution in [0.5, 0.6) is 5.75 Å². The van der Waals surface area contributed by atoms with Crippen LogP contribution in [0, 0.1) is 0 Å². The molecule has 1 aliphatic rings. The highest BCUT2D eigenvalue weighted by atomic mass is 16.3.